The van der Waals surface area contributed by atoms with Gasteiger partial charge in [0, 0.05) is 11.8 Å². The molecule has 0 radical (unpaired) electrons. The van der Waals surface area contributed by atoms with Crippen LogP contribution in [0.5, 0.6) is 0 Å². The van der Waals surface area contributed by atoms with E-state index in [0.29, 0.717) is 5.03 Å². The van der Waals surface area contributed by atoms with E-state index in [1.54, 1.807) is 12.3 Å². The quantitative estimate of drug-likeness (QED) is 0.515. The molecule has 0 unspecified atom stereocenters. The zero-order valence-electron chi connectivity index (χ0n) is 6.09. The molecule has 1 atom stereocenters. The molecule has 0 fully saturated rings. The van der Waals surface area contributed by atoms with Gasteiger partial charge in [-0.25, -0.2) is 4.98 Å². The van der Waals surface area contributed by atoms with Gasteiger partial charge in [0.25, 0.3) is 0 Å². The number of pyridine rings is 1. The van der Waals surface area contributed by atoms with Crippen LogP contribution in [0.1, 0.15) is 5.56 Å². The molecule has 0 amide bonds. The van der Waals surface area contributed by atoms with Crippen LogP contribution < -0.4 is 5.32 Å². The van der Waals surface area contributed by atoms with Gasteiger partial charge in [-0.05, 0) is 18.2 Å². The molecule has 62 valence electrons. The SMILES string of the molecule is ClC1=C[C@@H](Cl)Nc2ncccc21. The van der Waals surface area contributed by atoms with Gasteiger partial charge in [-0.3, -0.25) is 0 Å². The number of aromatic nitrogens is 1. The normalized spacial score (nSPS) is 20.8. The molecule has 0 saturated heterocycles. The molecular formula is C8H6Cl2N2. The summed E-state index contributed by atoms with van der Waals surface area (Å²) in [6.07, 6.45) is 3.44. The monoisotopic (exact) mass is 200 g/mol. The van der Waals surface area contributed by atoms with E-state index in [1.807, 2.05) is 12.1 Å². The second-order valence-electron chi connectivity index (χ2n) is 2.46. The average Bonchev–Trinajstić information content (AvgIpc) is 2.04. The summed E-state index contributed by atoms with van der Waals surface area (Å²) in [5.41, 5.74) is 0.635. The second-order valence-corrected chi connectivity index (χ2v) is 3.34. The maximum absolute atomic E-state index is 5.94. The van der Waals surface area contributed by atoms with Gasteiger partial charge in [-0.15, -0.1) is 0 Å². The van der Waals surface area contributed by atoms with Gasteiger partial charge in [-0.1, -0.05) is 23.2 Å². The first-order valence-electron chi connectivity index (χ1n) is 3.51. The lowest BCUT2D eigenvalue weighted by molar-refractivity contribution is 1.14. The summed E-state index contributed by atoms with van der Waals surface area (Å²) < 4.78 is 0. The van der Waals surface area contributed by atoms with Gasteiger partial charge in [0.15, 0.2) is 0 Å². The average molecular weight is 201 g/mol. The molecule has 1 aromatic heterocycles. The zero-order valence-corrected chi connectivity index (χ0v) is 7.60. The molecule has 1 aliphatic rings. The van der Waals surface area contributed by atoms with Crippen molar-refractivity contribution in [3.05, 3.63) is 30.0 Å². The van der Waals surface area contributed by atoms with Crippen molar-refractivity contribution in [3.63, 3.8) is 0 Å². The fourth-order valence-corrected chi connectivity index (χ4v) is 1.68. The van der Waals surface area contributed by atoms with E-state index >= 15 is 0 Å². The summed E-state index contributed by atoms with van der Waals surface area (Å²) in [6.45, 7) is 0. The number of nitrogens with zero attached hydrogens (tertiary/aromatic N) is 1. The maximum Gasteiger partial charge on any atom is 0.136 e. The molecule has 0 spiro atoms. The Morgan fingerprint density at radius 3 is 3.17 bits per heavy atom. The van der Waals surface area contributed by atoms with E-state index in [1.165, 1.54) is 0 Å². The van der Waals surface area contributed by atoms with Gasteiger partial charge in [-0.2, -0.15) is 0 Å². The third-order valence-corrected chi connectivity index (χ3v) is 2.20. The third kappa shape index (κ3) is 1.28. The lowest BCUT2D eigenvalue weighted by Gasteiger charge is -2.17. The van der Waals surface area contributed by atoms with E-state index in [4.69, 9.17) is 23.2 Å². The highest BCUT2D eigenvalue weighted by Crippen LogP contribution is 2.30. The van der Waals surface area contributed by atoms with Crippen molar-refractivity contribution >= 4 is 34.1 Å². The second kappa shape index (κ2) is 2.96. The van der Waals surface area contributed by atoms with Gasteiger partial charge in [0.1, 0.15) is 11.3 Å². The Hall–Kier alpha value is -0.730. The van der Waals surface area contributed by atoms with Crippen molar-refractivity contribution in [1.82, 2.24) is 4.98 Å². The molecular weight excluding hydrogens is 195 g/mol. The fraction of sp³-hybridized carbons (Fsp3) is 0.125. The van der Waals surface area contributed by atoms with Crippen molar-refractivity contribution in [2.45, 2.75) is 5.50 Å². The molecule has 2 nitrogen and oxygen atoms in total. The molecule has 0 aromatic carbocycles. The molecule has 1 N–H and O–H groups in total. The van der Waals surface area contributed by atoms with Crippen molar-refractivity contribution in [3.8, 4) is 0 Å². The summed E-state index contributed by atoms with van der Waals surface area (Å²) in [7, 11) is 0. The minimum Gasteiger partial charge on any atom is -0.350 e. The fourth-order valence-electron chi connectivity index (χ4n) is 1.10. The Balaban J connectivity index is 2.53. The van der Waals surface area contributed by atoms with E-state index in [9.17, 15) is 0 Å². The number of alkyl halides is 1. The van der Waals surface area contributed by atoms with Gasteiger partial charge in [0.05, 0.1) is 5.03 Å². The lowest BCUT2D eigenvalue weighted by Crippen LogP contribution is -2.15. The predicted octanol–water partition coefficient (Wildman–Crippen LogP) is 2.65. The van der Waals surface area contributed by atoms with Crippen LogP contribution in [0.4, 0.5) is 5.82 Å². The molecule has 0 aliphatic carbocycles. The van der Waals surface area contributed by atoms with Crippen LogP contribution in [0.3, 0.4) is 0 Å². The van der Waals surface area contributed by atoms with Crippen LogP contribution in [-0.2, 0) is 0 Å². The smallest absolute Gasteiger partial charge is 0.136 e. The van der Waals surface area contributed by atoms with Gasteiger partial charge < -0.3 is 5.32 Å². The summed E-state index contributed by atoms with van der Waals surface area (Å²) >= 11 is 11.8. The van der Waals surface area contributed by atoms with Crippen LogP contribution in [0.25, 0.3) is 5.03 Å². The molecule has 0 saturated carbocycles. The summed E-state index contributed by atoms with van der Waals surface area (Å²) in [4.78, 5) is 4.10. The molecule has 1 aliphatic heterocycles. The predicted molar refractivity (Wildman–Crippen MR) is 51.3 cm³/mol. The van der Waals surface area contributed by atoms with E-state index in [-0.39, 0.29) is 5.50 Å². The first-order valence-corrected chi connectivity index (χ1v) is 4.32. The molecule has 12 heavy (non-hydrogen) atoms. The van der Waals surface area contributed by atoms with Crippen LogP contribution >= 0.6 is 23.2 Å². The third-order valence-electron chi connectivity index (χ3n) is 1.63. The van der Waals surface area contributed by atoms with Crippen molar-refractivity contribution in [1.29, 1.82) is 0 Å². The highest BCUT2D eigenvalue weighted by Gasteiger charge is 2.15. The van der Waals surface area contributed by atoms with Crippen molar-refractivity contribution < 1.29 is 0 Å². The van der Waals surface area contributed by atoms with Gasteiger partial charge >= 0.3 is 0 Å². The van der Waals surface area contributed by atoms with Crippen LogP contribution in [-0.4, -0.2) is 10.5 Å². The topological polar surface area (TPSA) is 24.9 Å². The molecule has 4 heteroatoms. The van der Waals surface area contributed by atoms with E-state index < -0.39 is 0 Å². The first-order chi connectivity index (χ1) is 5.77. The Labute approximate surface area is 80.2 Å². The number of halogens is 2. The van der Waals surface area contributed by atoms with E-state index in [0.717, 1.165) is 11.4 Å². The standard InChI is InChI=1S/C8H6Cl2N2/c9-6-4-7(10)12-8-5(6)2-1-3-11-8/h1-4,7H,(H,11,12)/t7-/m0/s1. The first kappa shape index (κ1) is 7.90. The summed E-state index contributed by atoms with van der Waals surface area (Å²) in [5.74, 6) is 0.741. The van der Waals surface area contributed by atoms with Crippen LogP contribution in [0, 0.1) is 0 Å². The highest BCUT2D eigenvalue weighted by atomic mass is 35.5. The Kier molecular flexibility index (Phi) is 1.95. The number of rotatable bonds is 0. The maximum atomic E-state index is 5.94. The number of hydrogen-bond acceptors (Lipinski definition) is 2. The minimum atomic E-state index is -0.264. The lowest BCUT2D eigenvalue weighted by atomic mass is 10.2. The van der Waals surface area contributed by atoms with Crippen LogP contribution in [0.15, 0.2) is 24.4 Å². The van der Waals surface area contributed by atoms with Gasteiger partial charge in [0.2, 0.25) is 0 Å². The summed E-state index contributed by atoms with van der Waals surface area (Å²) in [6, 6.07) is 3.74. The van der Waals surface area contributed by atoms with Crippen molar-refractivity contribution in [2.75, 3.05) is 5.32 Å². The summed E-state index contributed by atoms with van der Waals surface area (Å²) in [5, 5.41) is 3.63. The molecule has 2 rings (SSSR count). The number of fused-ring (bicyclic) bond motifs is 1. The molecule has 0 bridgehead atoms. The highest BCUT2D eigenvalue weighted by molar-refractivity contribution is 6.50. The molecule has 1 aromatic rings. The Bertz CT molecular complexity index is 336. The molecule has 2 heterocycles. The Morgan fingerprint density at radius 1 is 1.50 bits per heavy atom. The van der Waals surface area contributed by atoms with Crippen LogP contribution in [0.2, 0.25) is 0 Å². The number of nitrogens with one attached hydrogen (secondary N) is 1. The number of hydrogen-bond donors (Lipinski definition) is 1. The minimum absolute atomic E-state index is 0.264. The largest absolute Gasteiger partial charge is 0.350 e. The van der Waals surface area contributed by atoms with Crippen molar-refractivity contribution in [2.24, 2.45) is 0 Å². The number of anilines is 1. The zero-order chi connectivity index (χ0) is 8.55. The van der Waals surface area contributed by atoms with E-state index in [2.05, 4.69) is 10.3 Å². The Morgan fingerprint density at radius 2 is 2.33 bits per heavy atom.